The first-order valence-electron chi connectivity index (χ1n) is 12.4. The number of carbonyl (C=O) groups excluding carboxylic acids is 2. The number of ether oxygens (including phenoxy) is 1. The first-order chi connectivity index (χ1) is 19.0. The van der Waals surface area contributed by atoms with Gasteiger partial charge in [0.15, 0.2) is 5.11 Å². The highest BCUT2D eigenvalue weighted by Crippen LogP contribution is 2.40. The zero-order valence-electron chi connectivity index (χ0n) is 21.1. The minimum atomic E-state index is -0.501. The van der Waals surface area contributed by atoms with Crippen molar-refractivity contribution in [1.29, 1.82) is 0 Å². The number of nitrogens with one attached hydrogen (secondary N) is 2. The van der Waals surface area contributed by atoms with Crippen molar-refractivity contribution in [1.82, 2.24) is 19.8 Å². The van der Waals surface area contributed by atoms with Crippen LogP contribution in [0.1, 0.15) is 40.3 Å². The summed E-state index contributed by atoms with van der Waals surface area (Å²) >= 11 is 5.73. The van der Waals surface area contributed by atoms with Crippen LogP contribution in [0.5, 0.6) is 0 Å². The van der Waals surface area contributed by atoms with Gasteiger partial charge in [0.05, 0.1) is 41.8 Å². The molecule has 1 fully saturated rings. The Morgan fingerprint density at radius 3 is 2.59 bits per heavy atom. The Morgan fingerprint density at radius 1 is 1.05 bits per heavy atom. The molecule has 2 N–H and O–H groups in total. The smallest absolute Gasteiger partial charge is 0.339 e. The molecule has 8 nitrogen and oxygen atoms in total. The van der Waals surface area contributed by atoms with Crippen molar-refractivity contribution in [2.45, 2.75) is 18.5 Å². The SMILES string of the molecule is COC(=O)c1ccccc1-n1cccc1[C@@H]1[C@@H](c2ccccn2)NC(=S)N1CCC(=O)Nc1ccccc1F. The number of hydrogen-bond acceptors (Lipinski definition) is 5. The van der Waals surface area contributed by atoms with Gasteiger partial charge in [-0.2, -0.15) is 0 Å². The van der Waals surface area contributed by atoms with E-state index in [2.05, 4.69) is 15.6 Å². The lowest BCUT2D eigenvalue weighted by Gasteiger charge is -2.29. The van der Waals surface area contributed by atoms with Gasteiger partial charge in [0.2, 0.25) is 5.91 Å². The van der Waals surface area contributed by atoms with Crippen LogP contribution in [0.3, 0.4) is 0 Å². The van der Waals surface area contributed by atoms with Crippen LogP contribution in [0.15, 0.2) is 91.3 Å². The molecule has 2 aromatic carbocycles. The molecule has 0 spiro atoms. The average molecular weight is 544 g/mol. The molecule has 1 saturated heterocycles. The van der Waals surface area contributed by atoms with E-state index in [1.165, 1.54) is 19.2 Å². The molecule has 39 heavy (non-hydrogen) atoms. The van der Waals surface area contributed by atoms with E-state index in [1.54, 1.807) is 30.5 Å². The molecule has 1 aliphatic rings. The van der Waals surface area contributed by atoms with Gasteiger partial charge in [-0.25, -0.2) is 9.18 Å². The maximum atomic E-state index is 14.1. The number of para-hydroxylation sites is 2. The van der Waals surface area contributed by atoms with Crippen molar-refractivity contribution in [2.75, 3.05) is 19.0 Å². The fraction of sp³-hybridized carbons (Fsp3) is 0.172. The van der Waals surface area contributed by atoms with Crippen LogP contribution in [0.25, 0.3) is 5.69 Å². The van der Waals surface area contributed by atoms with Gasteiger partial charge >= 0.3 is 5.97 Å². The summed E-state index contributed by atoms with van der Waals surface area (Å²) in [7, 11) is 1.35. The maximum Gasteiger partial charge on any atom is 0.339 e. The maximum absolute atomic E-state index is 14.1. The number of methoxy groups -OCH3 is 1. The van der Waals surface area contributed by atoms with Gasteiger partial charge in [-0.15, -0.1) is 0 Å². The number of rotatable bonds is 8. The van der Waals surface area contributed by atoms with E-state index >= 15 is 0 Å². The van der Waals surface area contributed by atoms with E-state index < -0.39 is 11.8 Å². The molecule has 10 heteroatoms. The Hall–Kier alpha value is -4.57. The number of thiocarbonyl (C=S) groups is 1. The van der Waals surface area contributed by atoms with Gasteiger partial charge in [0.25, 0.3) is 0 Å². The second-order valence-corrected chi connectivity index (χ2v) is 9.30. The van der Waals surface area contributed by atoms with E-state index in [1.807, 2.05) is 58.1 Å². The highest BCUT2D eigenvalue weighted by molar-refractivity contribution is 7.80. The standard InChI is InChI=1S/C29H26FN5O3S/c1-38-28(37)19-9-2-5-13-23(19)34-17-8-14-24(34)27-26(22-12-6-7-16-31-22)33-29(39)35(27)18-15-25(36)32-21-11-4-3-10-20(21)30/h2-14,16-17,26-27H,15,18H2,1H3,(H,32,36)(H,33,39)/t26-,27-/m1/s1. The first-order valence-corrected chi connectivity index (χ1v) is 12.8. The first kappa shape index (κ1) is 26.1. The lowest BCUT2D eigenvalue weighted by molar-refractivity contribution is -0.116. The molecular formula is C29H26FN5O3S. The van der Waals surface area contributed by atoms with Crippen LogP contribution in [0, 0.1) is 5.82 Å². The van der Waals surface area contributed by atoms with Crippen molar-refractivity contribution in [3.63, 3.8) is 0 Å². The summed E-state index contributed by atoms with van der Waals surface area (Å²) in [6, 6.07) is 22.0. The summed E-state index contributed by atoms with van der Waals surface area (Å²) in [5.41, 5.74) is 2.80. The number of pyridine rings is 1. The molecule has 3 heterocycles. The molecule has 0 saturated carbocycles. The Bertz CT molecular complexity index is 1510. The third-order valence-electron chi connectivity index (χ3n) is 6.58. The quantitative estimate of drug-likeness (QED) is 0.244. The van der Waals surface area contributed by atoms with Gasteiger partial charge < -0.3 is 24.8 Å². The van der Waals surface area contributed by atoms with Crippen LogP contribution in [-0.4, -0.2) is 45.1 Å². The van der Waals surface area contributed by atoms with Crippen LogP contribution in [0.2, 0.25) is 0 Å². The Kier molecular flexibility index (Phi) is 7.64. The molecule has 198 valence electrons. The third-order valence-corrected chi connectivity index (χ3v) is 6.93. The molecule has 5 rings (SSSR count). The predicted octanol–water partition coefficient (Wildman–Crippen LogP) is 4.80. The summed E-state index contributed by atoms with van der Waals surface area (Å²) in [6.07, 6.45) is 3.66. The molecule has 1 aliphatic heterocycles. The number of esters is 1. The van der Waals surface area contributed by atoms with Crippen molar-refractivity contribution >= 4 is 34.9 Å². The van der Waals surface area contributed by atoms with Crippen molar-refractivity contribution in [2.24, 2.45) is 0 Å². The second-order valence-electron chi connectivity index (χ2n) is 8.91. The van der Waals surface area contributed by atoms with Gasteiger partial charge in [-0.3, -0.25) is 9.78 Å². The summed E-state index contributed by atoms with van der Waals surface area (Å²) < 4.78 is 21.0. The lowest BCUT2D eigenvalue weighted by Crippen LogP contribution is -2.33. The minimum absolute atomic E-state index is 0.0705. The van der Waals surface area contributed by atoms with Crippen molar-refractivity contribution in [3.05, 3.63) is 114 Å². The molecular weight excluding hydrogens is 517 g/mol. The fourth-order valence-corrected chi connectivity index (χ4v) is 5.12. The predicted molar refractivity (Wildman–Crippen MR) is 149 cm³/mol. The van der Waals surface area contributed by atoms with Crippen molar-refractivity contribution < 1.29 is 18.7 Å². The van der Waals surface area contributed by atoms with Gasteiger partial charge in [-0.05, 0) is 60.7 Å². The molecule has 0 bridgehead atoms. The number of amides is 1. The van der Waals surface area contributed by atoms with E-state index in [0.29, 0.717) is 16.4 Å². The minimum Gasteiger partial charge on any atom is -0.465 e. The summed E-state index contributed by atoms with van der Waals surface area (Å²) in [4.78, 5) is 31.8. The van der Waals surface area contributed by atoms with Crippen LogP contribution < -0.4 is 10.6 Å². The van der Waals surface area contributed by atoms with Crippen LogP contribution in [-0.2, 0) is 9.53 Å². The highest BCUT2D eigenvalue weighted by atomic mass is 32.1. The summed E-state index contributed by atoms with van der Waals surface area (Å²) in [5, 5.41) is 6.46. The number of hydrogen-bond donors (Lipinski definition) is 2. The molecule has 1 amide bonds. The molecule has 2 atom stereocenters. The summed E-state index contributed by atoms with van der Waals surface area (Å²) in [5.74, 6) is -1.29. The fourth-order valence-electron chi connectivity index (χ4n) is 4.79. The number of carbonyl (C=O) groups is 2. The van der Waals surface area contributed by atoms with E-state index in [4.69, 9.17) is 17.0 Å². The van der Waals surface area contributed by atoms with Crippen LogP contribution in [0.4, 0.5) is 10.1 Å². The zero-order valence-corrected chi connectivity index (χ0v) is 21.9. The molecule has 2 aromatic heterocycles. The Balaban J connectivity index is 1.49. The number of anilines is 1. The monoisotopic (exact) mass is 543 g/mol. The average Bonchev–Trinajstić information content (AvgIpc) is 3.57. The van der Waals surface area contributed by atoms with E-state index in [-0.39, 0.29) is 36.6 Å². The molecule has 4 aromatic rings. The highest BCUT2D eigenvalue weighted by Gasteiger charge is 2.41. The van der Waals surface area contributed by atoms with Gasteiger partial charge in [-0.1, -0.05) is 30.3 Å². The normalized spacial score (nSPS) is 16.6. The zero-order chi connectivity index (χ0) is 27.4. The number of nitrogens with zero attached hydrogens (tertiary/aromatic N) is 3. The number of aromatic nitrogens is 2. The van der Waals surface area contributed by atoms with Gasteiger partial charge in [0, 0.05) is 31.1 Å². The molecule has 0 aliphatic carbocycles. The number of benzene rings is 2. The Morgan fingerprint density at radius 2 is 1.82 bits per heavy atom. The second kappa shape index (κ2) is 11.4. The van der Waals surface area contributed by atoms with Crippen LogP contribution >= 0.6 is 12.2 Å². The third kappa shape index (κ3) is 5.37. The topological polar surface area (TPSA) is 88.5 Å². The van der Waals surface area contributed by atoms with Gasteiger partial charge in [0.1, 0.15) is 5.82 Å². The molecule has 0 radical (unpaired) electrons. The number of halogens is 1. The molecule has 0 unspecified atom stereocenters. The van der Waals surface area contributed by atoms with Crippen molar-refractivity contribution in [3.8, 4) is 5.69 Å². The Labute approximate surface area is 230 Å². The summed E-state index contributed by atoms with van der Waals surface area (Å²) in [6.45, 7) is 0.268. The largest absolute Gasteiger partial charge is 0.465 e. The lowest BCUT2D eigenvalue weighted by atomic mass is 10.0. The van der Waals surface area contributed by atoms with E-state index in [0.717, 1.165) is 11.4 Å². The van der Waals surface area contributed by atoms with E-state index in [9.17, 15) is 14.0 Å².